The number of sulfonamides is 1. The van der Waals surface area contributed by atoms with Crippen molar-refractivity contribution in [2.24, 2.45) is 0 Å². The van der Waals surface area contributed by atoms with Crippen molar-refractivity contribution >= 4 is 21.9 Å². The molecule has 0 bridgehead atoms. The van der Waals surface area contributed by atoms with Crippen LogP contribution < -0.4 is 0 Å². The van der Waals surface area contributed by atoms with Crippen LogP contribution in [0.4, 0.5) is 0 Å². The Balaban J connectivity index is 1.84. The molecule has 1 fully saturated rings. The minimum Gasteiger partial charge on any atom is -0.479 e. The Morgan fingerprint density at radius 1 is 1.22 bits per heavy atom. The summed E-state index contributed by atoms with van der Waals surface area (Å²) >= 11 is 0. The molecule has 2 aliphatic rings. The van der Waals surface area contributed by atoms with Gasteiger partial charge in [0.05, 0.1) is 12.3 Å². The molecule has 0 aliphatic carbocycles. The summed E-state index contributed by atoms with van der Waals surface area (Å²) in [7, 11) is -3.38. The van der Waals surface area contributed by atoms with Crippen LogP contribution in [0.1, 0.15) is 23.6 Å². The number of benzene rings is 1. The van der Waals surface area contributed by atoms with Gasteiger partial charge in [-0.2, -0.15) is 4.31 Å². The molecule has 2 heterocycles. The molecule has 0 saturated carbocycles. The Morgan fingerprint density at radius 3 is 2.61 bits per heavy atom. The Hall–Kier alpha value is -1.93. The lowest BCUT2D eigenvalue weighted by Crippen LogP contribution is -2.47. The molecule has 8 heteroatoms. The summed E-state index contributed by atoms with van der Waals surface area (Å²) in [4.78, 5) is 25.5. The van der Waals surface area contributed by atoms with Gasteiger partial charge in [-0.25, -0.2) is 13.2 Å². The molecule has 0 aromatic heterocycles. The van der Waals surface area contributed by atoms with Crippen molar-refractivity contribution in [2.45, 2.75) is 18.9 Å². The number of nitrogens with zero attached hydrogens (tertiary/aromatic N) is 2. The van der Waals surface area contributed by atoms with Gasteiger partial charge in [0.15, 0.2) is 6.04 Å². The third-order valence-corrected chi connectivity index (χ3v) is 6.26. The summed E-state index contributed by atoms with van der Waals surface area (Å²) in [6, 6.07) is 6.09. The molecular weight excluding hydrogens is 320 g/mol. The largest absolute Gasteiger partial charge is 0.479 e. The van der Waals surface area contributed by atoms with Crippen LogP contribution in [0.15, 0.2) is 24.3 Å². The van der Waals surface area contributed by atoms with Crippen LogP contribution in [0, 0.1) is 0 Å². The molecule has 1 aromatic rings. The number of carboxylic acid groups (broad SMARTS) is 1. The maximum atomic E-state index is 12.5. The summed E-state index contributed by atoms with van der Waals surface area (Å²) in [6.07, 6.45) is 1.07. The molecule has 0 spiro atoms. The summed E-state index contributed by atoms with van der Waals surface area (Å²) in [6.45, 7) is 0.311. The number of hydrogen-bond acceptors (Lipinski definition) is 4. The van der Waals surface area contributed by atoms with E-state index in [0.29, 0.717) is 24.9 Å². The number of amides is 1. The molecule has 1 amide bonds. The van der Waals surface area contributed by atoms with Gasteiger partial charge in [-0.05, 0) is 24.0 Å². The number of carboxylic acids is 1. The molecular formula is C15H18N2O5S. The van der Waals surface area contributed by atoms with Gasteiger partial charge >= 0.3 is 5.97 Å². The first-order valence-electron chi connectivity index (χ1n) is 7.48. The Bertz CT molecular complexity index is 746. The van der Waals surface area contributed by atoms with Gasteiger partial charge in [0.2, 0.25) is 15.9 Å². The number of carbonyl (C=O) groups excluding carboxylic acids is 1. The lowest BCUT2D eigenvalue weighted by atomic mass is 9.92. The smallest absolute Gasteiger partial charge is 0.331 e. The van der Waals surface area contributed by atoms with Crippen molar-refractivity contribution in [1.29, 1.82) is 0 Å². The van der Waals surface area contributed by atoms with Gasteiger partial charge in [-0.15, -0.1) is 0 Å². The third kappa shape index (κ3) is 2.96. The Labute approximate surface area is 134 Å². The average molecular weight is 338 g/mol. The Kier molecular flexibility index (Phi) is 4.11. The molecule has 0 unspecified atom stereocenters. The number of aliphatic carboxylic acids is 1. The van der Waals surface area contributed by atoms with Crippen molar-refractivity contribution in [3.05, 3.63) is 35.4 Å². The summed E-state index contributed by atoms with van der Waals surface area (Å²) < 4.78 is 24.8. The minimum atomic E-state index is -3.38. The van der Waals surface area contributed by atoms with Gasteiger partial charge in [0.25, 0.3) is 0 Å². The highest BCUT2D eigenvalue weighted by atomic mass is 32.2. The average Bonchev–Trinajstić information content (AvgIpc) is 2.84. The van der Waals surface area contributed by atoms with E-state index >= 15 is 0 Å². The predicted octanol–water partition coefficient (Wildman–Crippen LogP) is 0.233. The van der Waals surface area contributed by atoms with Gasteiger partial charge in [0, 0.05) is 13.1 Å². The second-order valence-electron chi connectivity index (χ2n) is 5.78. The van der Waals surface area contributed by atoms with E-state index in [1.54, 1.807) is 12.1 Å². The van der Waals surface area contributed by atoms with Crippen molar-refractivity contribution in [1.82, 2.24) is 9.21 Å². The quantitative estimate of drug-likeness (QED) is 0.851. The minimum absolute atomic E-state index is 0.0471. The second-order valence-corrected chi connectivity index (χ2v) is 7.87. The fraction of sp³-hybridized carbons (Fsp3) is 0.467. The van der Waals surface area contributed by atoms with E-state index in [1.807, 2.05) is 12.1 Å². The SMILES string of the molecule is O=C(O)[C@H]1c2ccccc2CCN1C(=O)CN1CCCS1(=O)=O. The van der Waals surface area contributed by atoms with E-state index in [-0.39, 0.29) is 18.8 Å². The highest BCUT2D eigenvalue weighted by molar-refractivity contribution is 7.89. The van der Waals surface area contributed by atoms with Gasteiger partial charge in [-0.3, -0.25) is 4.79 Å². The monoisotopic (exact) mass is 338 g/mol. The van der Waals surface area contributed by atoms with Crippen molar-refractivity contribution in [3.8, 4) is 0 Å². The molecule has 0 radical (unpaired) electrons. The van der Waals surface area contributed by atoms with Gasteiger partial charge in [0.1, 0.15) is 0 Å². The van der Waals surface area contributed by atoms with Crippen molar-refractivity contribution in [2.75, 3.05) is 25.4 Å². The van der Waals surface area contributed by atoms with Crippen LogP contribution in [0.2, 0.25) is 0 Å². The summed E-state index contributed by atoms with van der Waals surface area (Å²) in [5.41, 5.74) is 1.52. The molecule has 1 atom stereocenters. The summed E-state index contributed by atoms with van der Waals surface area (Å²) in [5, 5.41) is 9.54. The highest BCUT2D eigenvalue weighted by Gasteiger charge is 2.38. The topological polar surface area (TPSA) is 95.0 Å². The number of fused-ring (bicyclic) bond motifs is 1. The molecule has 1 aromatic carbocycles. The zero-order valence-corrected chi connectivity index (χ0v) is 13.3. The molecule has 1 N–H and O–H groups in total. The normalized spacial score (nSPS) is 23.5. The molecule has 124 valence electrons. The molecule has 1 saturated heterocycles. The van der Waals surface area contributed by atoms with Crippen LogP contribution in [0.25, 0.3) is 0 Å². The van der Waals surface area contributed by atoms with E-state index in [1.165, 1.54) is 4.90 Å². The van der Waals surface area contributed by atoms with Crippen molar-refractivity contribution in [3.63, 3.8) is 0 Å². The molecule has 23 heavy (non-hydrogen) atoms. The first-order chi connectivity index (χ1) is 10.9. The van der Waals surface area contributed by atoms with Crippen LogP contribution in [0.3, 0.4) is 0 Å². The van der Waals surface area contributed by atoms with Gasteiger partial charge in [-0.1, -0.05) is 24.3 Å². The van der Waals surface area contributed by atoms with E-state index in [9.17, 15) is 23.1 Å². The fourth-order valence-corrected chi connectivity index (χ4v) is 4.68. The standard InChI is InChI=1S/C15H18N2O5S/c18-13(10-16-7-3-9-23(16,21)22)17-8-6-11-4-1-2-5-12(11)14(17)15(19)20/h1-2,4-5,14H,3,6-10H2,(H,19,20)/t14-/m1/s1. The van der Waals surface area contributed by atoms with E-state index in [0.717, 1.165) is 9.87 Å². The predicted molar refractivity (Wildman–Crippen MR) is 82.2 cm³/mol. The number of hydrogen-bond donors (Lipinski definition) is 1. The van der Waals surface area contributed by atoms with Crippen molar-refractivity contribution < 1.29 is 23.1 Å². The van der Waals surface area contributed by atoms with Gasteiger partial charge < -0.3 is 10.0 Å². The number of rotatable bonds is 3. The Morgan fingerprint density at radius 2 is 1.96 bits per heavy atom. The molecule has 7 nitrogen and oxygen atoms in total. The maximum absolute atomic E-state index is 12.5. The highest BCUT2D eigenvalue weighted by Crippen LogP contribution is 2.30. The second kappa shape index (κ2) is 5.93. The zero-order chi connectivity index (χ0) is 16.6. The van der Waals surface area contributed by atoms with Crippen LogP contribution >= 0.6 is 0 Å². The van der Waals surface area contributed by atoms with Crippen LogP contribution in [-0.2, 0) is 26.0 Å². The lowest BCUT2D eigenvalue weighted by Gasteiger charge is -2.35. The number of carbonyl (C=O) groups is 2. The van der Waals surface area contributed by atoms with Crippen LogP contribution in [-0.4, -0.2) is 60.0 Å². The molecule has 3 rings (SSSR count). The van der Waals surface area contributed by atoms with E-state index < -0.39 is 27.9 Å². The van der Waals surface area contributed by atoms with Crippen LogP contribution in [0.5, 0.6) is 0 Å². The first-order valence-corrected chi connectivity index (χ1v) is 9.09. The van der Waals surface area contributed by atoms with E-state index in [4.69, 9.17) is 0 Å². The van der Waals surface area contributed by atoms with E-state index in [2.05, 4.69) is 0 Å². The third-order valence-electron chi connectivity index (χ3n) is 4.35. The fourth-order valence-electron chi connectivity index (χ4n) is 3.21. The maximum Gasteiger partial charge on any atom is 0.331 e. The first kappa shape index (κ1) is 15.9. The lowest BCUT2D eigenvalue weighted by molar-refractivity contribution is -0.151. The molecule has 2 aliphatic heterocycles. The summed E-state index contributed by atoms with van der Waals surface area (Å²) in [5.74, 6) is -1.52. The zero-order valence-electron chi connectivity index (χ0n) is 12.5.